The lowest BCUT2D eigenvalue weighted by molar-refractivity contribution is -0.155. The van der Waals surface area contributed by atoms with Gasteiger partial charge in [-0.15, -0.1) is 0 Å². The van der Waals surface area contributed by atoms with E-state index in [2.05, 4.69) is 5.32 Å². The Bertz CT molecular complexity index is 807. The van der Waals surface area contributed by atoms with Crippen LogP contribution in [0.3, 0.4) is 0 Å². The summed E-state index contributed by atoms with van der Waals surface area (Å²) >= 11 is 0. The molecular formula is C19H21N3O5. The van der Waals surface area contributed by atoms with E-state index in [0.29, 0.717) is 0 Å². The minimum Gasteiger partial charge on any atom is -0.451 e. The molecule has 0 aromatic heterocycles. The van der Waals surface area contributed by atoms with E-state index in [1.165, 1.54) is 19.1 Å². The van der Waals surface area contributed by atoms with E-state index in [9.17, 15) is 24.4 Å². The van der Waals surface area contributed by atoms with Crippen LogP contribution in [0.2, 0.25) is 0 Å². The van der Waals surface area contributed by atoms with Crippen LogP contribution in [0.15, 0.2) is 24.3 Å². The number of esters is 1. The zero-order valence-corrected chi connectivity index (χ0v) is 15.6. The molecule has 3 amide bonds. The summed E-state index contributed by atoms with van der Waals surface area (Å²) in [6.07, 6.45) is -1.18. The van der Waals surface area contributed by atoms with Crippen LogP contribution >= 0.6 is 0 Å². The predicted molar refractivity (Wildman–Crippen MR) is 94.4 cm³/mol. The highest BCUT2D eigenvalue weighted by Crippen LogP contribution is 2.22. The fourth-order valence-corrected chi connectivity index (χ4v) is 2.46. The largest absolute Gasteiger partial charge is 0.451 e. The monoisotopic (exact) mass is 371 g/mol. The van der Waals surface area contributed by atoms with Crippen molar-refractivity contribution in [1.82, 2.24) is 10.2 Å². The highest BCUT2D eigenvalue weighted by molar-refractivity contribution is 6.22. The molecule has 0 spiro atoms. The zero-order chi connectivity index (χ0) is 20.4. The molecule has 0 saturated carbocycles. The number of amides is 3. The molecule has 0 unspecified atom stereocenters. The van der Waals surface area contributed by atoms with Crippen molar-refractivity contribution in [2.75, 3.05) is 6.54 Å². The molecular weight excluding hydrogens is 350 g/mol. The Hall–Kier alpha value is -3.21. The minimum absolute atomic E-state index is 0.160. The lowest BCUT2D eigenvalue weighted by Crippen LogP contribution is -2.52. The summed E-state index contributed by atoms with van der Waals surface area (Å²) in [4.78, 5) is 49.6. The molecule has 8 heteroatoms. The van der Waals surface area contributed by atoms with Gasteiger partial charge in [-0.3, -0.25) is 24.1 Å². The van der Waals surface area contributed by atoms with E-state index in [1.807, 2.05) is 6.07 Å². The van der Waals surface area contributed by atoms with Crippen molar-refractivity contribution in [3.05, 3.63) is 35.4 Å². The van der Waals surface area contributed by atoms with E-state index >= 15 is 0 Å². The summed E-state index contributed by atoms with van der Waals surface area (Å²) in [6, 6.07) is 8.29. The normalized spacial score (nSPS) is 16.4. The van der Waals surface area contributed by atoms with E-state index in [0.717, 1.165) is 4.90 Å². The molecule has 0 bridgehead atoms. The Morgan fingerprint density at radius 2 is 1.70 bits per heavy atom. The van der Waals surface area contributed by atoms with Crippen molar-refractivity contribution in [1.29, 1.82) is 5.26 Å². The Kier molecular flexibility index (Phi) is 5.64. The summed E-state index contributed by atoms with van der Waals surface area (Å²) < 4.78 is 5.03. The second-order valence-corrected chi connectivity index (χ2v) is 6.83. The van der Waals surface area contributed by atoms with Gasteiger partial charge in [0.05, 0.1) is 17.2 Å². The lowest BCUT2D eigenvalue weighted by atomic mass is 9.90. The van der Waals surface area contributed by atoms with Crippen LogP contribution in [0.4, 0.5) is 0 Å². The first-order valence-corrected chi connectivity index (χ1v) is 8.48. The molecule has 1 N–H and O–H groups in total. The maximum Gasteiger partial charge on any atom is 0.326 e. The van der Waals surface area contributed by atoms with Gasteiger partial charge < -0.3 is 10.1 Å². The number of nitrogens with one attached hydrogen (secondary N) is 1. The zero-order valence-electron chi connectivity index (χ0n) is 15.6. The smallest absolute Gasteiger partial charge is 0.326 e. The number of hydrogen-bond donors (Lipinski definition) is 1. The fraction of sp³-hybridized carbons (Fsp3) is 0.421. The first kappa shape index (κ1) is 20.1. The van der Waals surface area contributed by atoms with Crippen molar-refractivity contribution in [3.63, 3.8) is 0 Å². The molecule has 1 heterocycles. The molecule has 0 saturated heterocycles. The summed E-state index contributed by atoms with van der Waals surface area (Å²) in [5.41, 5.74) is -0.661. The Labute approximate surface area is 157 Å². The maximum atomic E-state index is 12.2. The van der Waals surface area contributed by atoms with Crippen LogP contribution in [0, 0.1) is 17.2 Å². The molecule has 1 aliphatic rings. The number of rotatable bonds is 6. The van der Waals surface area contributed by atoms with Crippen LogP contribution in [0.25, 0.3) is 0 Å². The molecule has 142 valence electrons. The van der Waals surface area contributed by atoms with Crippen molar-refractivity contribution in [3.8, 4) is 6.07 Å². The van der Waals surface area contributed by atoms with Gasteiger partial charge in [-0.2, -0.15) is 5.26 Å². The Balaban J connectivity index is 1.98. The first-order chi connectivity index (χ1) is 12.6. The predicted octanol–water partition coefficient (Wildman–Crippen LogP) is 1.27. The van der Waals surface area contributed by atoms with Gasteiger partial charge in [-0.05, 0) is 31.9 Å². The molecule has 8 nitrogen and oxygen atoms in total. The third-order valence-corrected chi connectivity index (χ3v) is 4.61. The Morgan fingerprint density at radius 3 is 2.15 bits per heavy atom. The average molecular weight is 371 g/mol. The molecule has 0 radical (unpaired) electrons. The van der Waals surface area contributed by atoms with Crippen molar-refractivity contribution in [2.24, 2.45) is 5.92 Å². The van der Waals surface area contributed by atoms with Gasteiger partial charge in [0, 0.05) is 0 Å². The first-order valence-electron chi connectivity index (χ1n) is 8.48. The van der Waals surface area contributed by atoms with Crippen molar-refractivity contribution >= 4 is 23.7 Å². The standard InChI is InChI=1S/C19H21N3O5/c1-11(2)19(4,10-20)21-16(24)12(3)27-15(23)9-22-17(25)13-7-5-6-8-14(13)18(22)26/h5-8,11-12H,9H2,1-4H3,(H,21,24)/t12-,19-/m1/s1. The van der Waals surface area contributed by atoms with Gasteiger partial charge in [-0.1, -0.05) is 26.0 Å². The van der Waals surface area contributed by atoms with Gasteiger partial charge in [0.25, 0.3) is 17.7 Å². The SMILES string of the molecule is CC(C)[C@@](C)(C#N)NC(=O)[C@@H](C)OC(=O)CN1C(=O)c2ccccc2C1=O. The quantitative estimate of drug-likeness (QED) is 0.594. The molecule has 1 aromatic carbocycles. The number of benzene rings is 1. The highest BCUT2D eigenvalue weighted by atomic mass is 16.5. The summed E-state index contributed by atoms with van der Waals surface area (Å²) in [5, 5.41) is 11.8. The second kappa shape index (κ2) is 7.58. The molecule has 1 aliphatic heterocycles. The topological polar surface area (TPSA) is 117 Å². The molecule has 1 aromatic rings. The maximum absolute atomic E-state index is 12.2. The average Bonchev–Trinajstić information content (AvgIpc) is 2.86. The Morgan fingerprint density at radius 1 is 1.19 bits per heavy atom. The number of carbonyl (C=O) groups excluding carboxylic acids is 4. The summed E-state index contributed by atoms with van der Waals surface area (Å²) in [5.74, 6) is -2.85. The molecule has 27 heavy (non-hydrogen) atoms. The number of nitriles is 1. The lowest BCUT2D eigenvalue weighted by Gasteiger charge is -2.28. The van der Waals surface area contributed by atoms with Gasteiger partial charge in [0.15, 0.2) is 6.10 Å². The van der Waals surface area contributed by atoms with Crippen LogP contribution in [0.5, 0.6) is 0 Å². The number of nitrogens with zero attached hydrogens (tertiary/aromatic N) is 2. The summed E-state index contributed by atoms with van der Waals surface area (Å²) in [6.45, 7) is 5.89. The molecule has 2 atom stereocenters. The van der Waals surface area contributed by atoms with E-state index in [4.69, 9.17) is 4.74 Å². The fourth-order valence-electron chi connectivity index (χ4n) is 2.46. The molecule has 0 aliphatic carbocycles. The molecule has 2 rings (SSSR count). The van der Waals surface area contributed by atoms with E-state index in [-0.39, 0.29) is 17.0 Å². The van der Waals surface area contributed by atoms with E-state index < -0.39 is 41.9 Å². The molecule has 0 fully saturated rings. The van der Waals surface area contributed by atoms with Crippen LogP contribution in [-0.2, 0) is 14.3 Å². The van der Waals surface area contributed by atoms with E-state index in [1.54, 1.807) is 32.9 Å². The number of fused-ring (bicyclic) bond motifs is 1. The minimum atomic E-state index is -1.18. The number of ether oxygens (including phenoxy) is 1. The summed E-state index contributed by atoms with van der Waals surface area (Å²) in [7, 11) is 0. The number of hydrogen-bond acceptors (Lipinski definition) is 6. The van der Waals surface area contributed by atoms with Crippen molar-refractivity contribution < 1.29 is 23.9 Å². The van der Waals surface area contributed by atoms with Gasteiger partial charge in [0.2, 0.25) is 0 Å². The highest BCUT2D eigenvalue weighted by Gasteiger charge is 2.37. The number of carbonyl (C=O) groups is 4. The third-order valence-electron chi connectivity index (χ3n) is 4.61. The van der Waals surface area contributed by atoms with Crippen molar-refractivity contribution in [2.45, 2.75) is 39.3 Å². The van der Waals surface area contributed by atoms with Crippen LogP contribution in [-0.4, -0.2) is 46.8 Å². The van der Waals surface area contributed by atoms with Gasteiger partial charge in [-0.25, -0.2) is 0 Å². The second-order valence-electron chi connectivity index (χ2n) is 6.83. The third kappa shape index (κ3) is 3.97. The van der Waals surface area contributed by atoms with Crippen LogP contribution < -0.4 is 5.32 Å². The van der Waals surface area contributed by atoms with Crippen LogP contribution in [0.1, 0.15) is 48.4 Å². The van der Waals surface area contributed by atoms with Gasteiger partial charge >= 0.3 is 5.97 Å². The van der Waals surface area contributed by atoms with Gasteiger partial charge in [0.1, 0.15) is 12.1 Å². The number of imide groups is 1.